The number of aromatic amines is 1. The molecule has 20 heavy (non-hydrogen) atoms. The Labute approximate surface area is 115 Å². The van der Waals surface area contributed by atoms with Gasteiger partial charge in [-0.1, -0.05) is 23.4 Å². The largest absolute Gasteiger partial charge is 0.342 e. The molecule has 0 bridgehead atoms. The molecule has 0 radical (unpaired) electrons. The van der Waals surface area contributed by atoms with Gasteiger partial charge in [0.05, 0.1) is 24.0 Å². The summed E-state index contributed by atoms with van der Waals surface area (Å²) in [6, 6.07) is 7.90. The fraction of sp³-hybridized carbons (Fsp3) is 0.214. The summed E-state index contributed by atoms with van der Waals surface area (Å²) in [4.78, 5) is 12.0. The number of H-pyrrole nitrogens is 1. The van der Waals surface area contributed by atoms with Crippen LogP contribution in [0.5, 0.6) is 0 Å². The number of fused-ring (bicyclic) bond motifs is 1. The smallest absolute Gasteiger partial charge is 0.240 e. The third kappa shape index (κ3) is 2.75. The Hall–Kier alpha value is -2.47. The predicted molar refractivity (Wildman–Crippen MR) is 75.1 cm³/mol. The fourth-order valence-corrected chi connectivity index (χ4v) is 1.95. The van der Waals surface area contributed by atoms with Gasteiger partial charge in [-0.05, 0) is 12.1 Å². The molecule has 1 aromatic carbocycles. The van der Waals surface area contributed by atoms with Crippen LogP contribution in [-0.4, -0.2) is 26.7 Å². The monoisotopic (exact) mass is 269 g/mol. The van der Waals surface area contributed by atoms with Crippen molar-refractivity contribution in [3.8, 4) is 0 Å². The summed E-state index contributed by atoms with van der Waals surface area (Å²) >= 11 is 0. The quantitative estimate of drug-likeness (QED) is 0.527. The Morgan fingerprint density at radius 3 is 3.05 bits per heavy atom. The van der Waals surface area contributed by atoms with Crippen LogP contribution in [0.25, 0.3) is 11.0 Å². The highest BCUT2D eigenvalue weighted by atomic mass is 16.5. The van der Waals surface area contributed by atoms with E-state index in [9.17, 15) is 0 Å². The average molecular weight is 269 g/mol. The van der Waals surface area contributed by atoms with Crippen LogP contribution >= 0.6 is 0 Å². The number of nitrogens with zero attached hydrogens (tertiary/aromatic N) is 3. The SMILES string of the molecule is C=CCNCc1nc(Cc2nc3ccccc3[nH]2)no1. The fourth-order valence-electron chi connectivity index (χ4n) is 1.95. The summed E-state index contributed by atoms with van der Waals surface area (Å²) in [5.74, 6) is 2.02. The third-order valence-corrected chi connectivity index (χ3v) is 2.84. The zero-order chi connectivity index (χ0) is 13.8. The summed E-state index contributed by atoms with van der Waals surface area (Å²) in [7, 11) is 0. The molecule has 2 heterocycles. The van der Waals surface area contributed by atoms with E-state index >= 15 is 0 Å². The van der Waals surface area contributed by atoms with Crippen LogP contribution in [-0.2, 0) is 13.0 Å². The van der Waals surface area contributed by atoms with Gasteiger partial charge in [0.2, 0.25) is 5.89 Å². The van der Waals surface area contributed by atoms with Gasteiger partial charge in [-0.25, -0.2) is 4.98 Å². The first-order chi connectivity index (χ1) is 9.85. The van der Waals surface area contributed by atoms with Gasteiger partial charge in [0.25, 0.3) is 0 Å². The molecule has 0 aliphatic heterocycles. The van der Waals surface area contributed by atoms with E-state index in [-0.39, 0.29) is 0 Å². The first-order valence-corrected chi connectivity index (χ1v) is 6.42. The second-order valence-electron chi connectivity index (χ2n) is 4.40. The molecule has 2 N–H and O–H groups in total. The molecule has 6 nitrogen and oxygen atoms in total. The van der Waals surface area contributed by atoms with Crippen LogP contribution in [0.3, 0.4) is 0 Å². The van der Waals surface area contributed by atoms with Crippen LogP contribution in [0.4, 0.5) is 0 Å². The number of hydrogen-bond donors (Lipinski definition) is 2. The minimum atomic E-state index is 0.527. The van der Waals surface area contributed by atoms with Gasteiger partial charge in [-0.2, -0.15) is 4.98 Å². The molecule has 3 rings (SSSR count). The number of hydrogen-bond acceptors (Lipinski definition) is 5. The maximum atomic E-state index is 5.16. The minimum Gasteiger partial charge on any atom is -0.342 e. The number of rotatable bonds is 6. The molecular weight excluding hydrogens is 254 g/mol. The third-order valence-electron chi connectivity index (χ3n) is 2.84. The van der Waals surface area contributed by atoms with Gasteiger partial charge in [0.15, 0.2) is 5.82 Å². The molecule has 0 amide bonds. The second-order valence-corrected chi connectivity index (χ2v) is 4.40. The Bertz CT molecular complexity index is 682. The number of nitrogens with one attached hydrogen (secondary N) is 2. The number of aromatic nitrogens is 4. The number of para-hydroxylation sites is 2. The lowest BCUT2D eigenvalue weighted by Gasteiger charge is -1.93. The Morgan fingerprint density at radius 2 is 2.20 bits per heavy atom. The zero-order valence-corrected chi connectivity index (χ0v) is 11.0. The van der Waals surface area contributed by atoms with E-state index in [1.807, 2.05) is 24.3 Å². The van der Waals surface area contributed by atoms with E-state index < -0.39 is 0 Å². The molecule has 102 valence electrons. The summed E-state index contributed by atoms with van der Waals surface area (Å²) in [6.45, 7) is 4.88. The van der Waals surface area contributed by atoms with E-state index in [1.165, 1.54) is 0 Å². The van der Waals surface area contributed by atoms with E-state index in [2.05, 4.69) is 32.0 Å². The van der Waals surface area contributed by atoms with Gasteiger partial charge < -0.3 is 14.8 Å². The van der Waals surface area contributed by atoms with Crippen molar-refractivity contribution in [2.75, 3.05) is 6.54 Å². The zero-order valence-electron chi connectivity index (χ0n) is 11.0. The highest BCUT2D eigenvalue weighted by Gasteiger charge is 2.09. The van der Waals surface area contributed by atoms with Crippen molar-refractivity contribution >= 4 is 11.0 Å². The summed E-state index contributed by atoms with van der Waals surface area (Å²) in [6.07, 6.45) is 2.31. The molecular formula is C14H15N5O. The van der Waals surface area contributed by atoms with Crippen molar-refractivity contribution in [1.82, 2.24) is 25.4 Å². The summed E-state index contributed by atoms with van der Waals surface area (Å²) < 4.78 is 5.16. The minimum absolute atomic E-state index is 0.527. The molecule has 0 fully saturated rings. The lowest BCUT2D eigenvalue weighted by Crippen LogP contribution is -2.12. The van der Waals surface area contributed by atoms with Gasteiger partial charge in [0, 0.05) is 6.54 Å². The molecule has 0 saturated heterocycles. The second kappa shape index (κ2) is 5.66. The van der Waals surface area contributed by atoms with Gasteiger partial charge >= 0.3 is 0 Å². The van der Waals surface area contributed by atoms with Gasteiger partial charge in [-0.3, -0.25) is 0 Å². The maximum absolute atomic E-state index is 5.16. The Kier molecular flexibility index (Phi) is 3.56. The van der Waals surface area contributed by atoms with E-state index in [4.69, 9.17) is 4.52 Å². The van der Waals surface area contributed by atoms with Crippen molar-refractivity contribution in [2.24, 2.45) is 0 Å². The molecule has 3 aromatic rings. The molecule has 0 aliphatic rings. The average Bonchev–Trinajstić information content (AvgIpc) is 3.05. The Morgan fingerprint density at radius 1 is 1.30 bits per heavy atom. The maximum Gasteiger partial charge on any atom is 0.240 e. The van der Waals surface area contributed by atoms with Crippen LogP contribution in [0.2, 0.25) is 0 Å². The lowest BCUT2D eigenvalue weighted by molar-refractivity contribution is 0.365. The molecule has 0 spiro atoms. The standard InChI is InChI=1S/C14H15N5O/c1-2-7-15-9-14-18-13(19-20-14)8-12-16-10-5-3-4-6-11(10)17-12/h2-6,15H,1,7-9H2,(H,16,17). The predicted octanol–water partition coefficient (Wildman–Crippen LogP) is 1.81. The van der Waals surface area contributed by atoms with Gasteiger partial charge in [-0.15, -0.1) is 6.58 Å². The number of benzene rings is 1. The highest BCUT2D eigenvalue weighted by molar-refractivity contribution is 5.74. The molecule has 0 atom stereocenters. The first kappa shape index (κ1) is 12.6. The van der Waals surface area contributed by atoms with Crippen LogP contribution < -0.4 is 5.32 Å². The van der Waals surface area contributed by atoms with E-state index in [1.54, 1.807) is 6.08 Å². The van der Waals surface area contributed by atoms with Crippen LogP contribution in [0, 0.1) is 0 Å². The van der Waals surface area contributed by atoms with Crippen LogP contribution in [0.1, 0.15) is 17.5 Å². The van der Waals surface area contributed by atoms with Crippen molar-refractivity contribution < 1.29 is 4.52 Å². The molecule has 6 heteroatoms. The normalized spacial score (nSPS) is 11.0. The van der Waals surface area contributed by atoms with Crippen molar-refractivity contribution in [2.45, 2.75) is 13.0 Å². The van der Waals surface area contributed by atoms with E-state index in [0.717, 1.165) is 16.9 Å². The lowest BCUT2D eigenvalue weighted by atomic mass is 10.3. The number of imidazole rings is 1. The Balaban J connectivity index is 1.69. The van der Waals surface area contributed by atoms with Gasteiger partial charge in [0.1, 0.15) is 5.82 Å². The van der Waals surface area contributed by atoms with Crippen molar-refractivity contribution in [3.05, 3.63) is 54.5 Å². The highest BCUT2D eigenvalue weighted by Crippen LogP contribution is 2.12. The van der Waals surface area contributed by atoms with Crippen molar-refractivity contribution in [1.29, 1.82) is 0 Å². The van der Waals surface area contributed by atoms with Crippen molar-refractivity contribution in [3.63, 3.8) is 0 Å². The molecule has 0 saturated carbocycles. The van der Waals surface area contributed by atoms with E-state index in [0.29, 0.717) is 31.2 Å². The summed E-state index contributed by atoms with van der Waals surface area (Å²) in [5, 5.41) is 7.06. The molecule has 2 aromatic heterocycles. The first-order valence-electron chi connectivity index (χ1n) is 6.42. The summed E-state index contributed by atoms with van der Waals surface area (Å²) in [5.41, 5.74) is 1.96. The molecule has 0 unspecified atom stereocenters. The topological polar surface area (TPSA) is 79.6 Å². The molecule has 0 aliphatic carbocycles. The van der Waals surface area contributed by atoms with Crippen LogP contribution in [0.15, 0.2) is 41.4 Å².